The number of rotatable bonds is 21. The van der Waals surface area contributed by atoms with Crippen LogP contribution in [0, 0.1) is 0 Å². The number of aliphatic hydroxyl groups is 2. The number of hydrogen-bond acceptors (Lipinski definition) is 5. The van der Waals surface area contributed by atoms with Gasteiger partial charge in [0.2, 0.25) is 5.91 Å². The highest BCUT2D eigenvalue weighted by Crippen LogP contribution is 2.13. The fraction of sp³-hybridized carbons (Fsp3) is 0.875. The van der Waals surface area contributed by atoms with E-state index in [2.05, 4.69) is 19.2 Å². The van der Waals surface area contributed by atoms with Crippen LogP contribution in [0.15, 0.2) is 12.2 Å². The molecule has 0 fully saturated rings. The summed E-state index contributed by atoms with van der Waals surface area (Å²) in [4.78, 5) is 12.3. The summed E-state index contributed by atoms with van der Waals surface area (Å²) in [5.74, 6) is -1.51. The molecule has 0 spiro atoms. The van der Waals surface area contributed by atoms with Crippen LogP contribution in [0.25, 0.3) is 0 Å². The molecule has 190 valence electrons. The zero-order valence-corrected chi connectivity index (χ0v) is 21.0. The lowest BCUT2D eigenvalue weighted by molar-refractivity contribution is -0.131. The Bertz CT molecular complexity index is 593. The van der Waals surface area contributed by atoms with E-state index in [0.717, 1.165) is 32.1 Å². The minimum atomic E-state index is -4.39. The summed E-state index contributed by atoms with van der Waals surface area (Å²) in [5, 5.41) is 22.9. The van der Waals surface area contributed by atoms with Crippen molar-refractivity contribution in [3.63, 3.8) is 0 Å². The normalized spacial score (nSPS) is 15.0. The number of allylic oxidation sites excluding steroid dienone is 2. The predicted molar refractivity (Wildman–Crippen MR) is 130 cm³/mol. The lowest BCUT2D eigenvalue weighted by Crippen LogP contribution is -2.50. The van der Waals surface area contributed by atoms with E-state index in [0.29, 0.717) is 19.3 Å². The SMILES string of the molecule is CCCCCC/C=C\CCC(O)C(=O)NC(CS(=O)(=O)O)C(O)CCCCCCCCC. The average Bonchev–Trinajstić information content (AvgIpc) is 2.73. The summed E-state index contributed by atoms with van der Waals surface area (Å²) in [7, 11) is -4.39. The van der Waals surface area contributed by atoms with Crippen LogP contribution in [-0.4, -0.2) is 53.1 Å². The van der Waals surface area contributed by atoms with Crippen molar-refractivity contribution in [1.82, 2.24) is 5.32 Å². The van der Waals surface area contributed by atoms with Crippen molar-refractivity contribution >= 4 is 16.0 Å². The third-order valence-corrected chi connectivity index (χ3v) is 6.37. The summed E-state index contributed by atoms with van der Waals surface area (Å²) in [6.07, 6.45) is 15.7. The maximum atomic E-state index is 12.3. The second kappa shape index (κ2) is 19.5. The van der Waals surface area contributed by atoms with Crippen molar-refractivity contribution < 1.29 is 28.0 Å². The van der Waals surface area contributed by atoms with Gasteiger partial charge in [-0.2, -0.15) is 8.42 Å². The van der Waals surface area contributed by atoms with Gasteiger partial charge in [0.05, 0.1) is 17.9 Å². The molecule has 4 N–H and O–H groups in total. The molecule has 0 aromatic heterocycles. The Hall–Kier alpha value is -0.960. The molecule has 0 aromatic carbocycles. The van der Waals surface area contributed by atoms with E-state index in [1.54, 1.807) is 0 Å². The summed E-state index contributed by atoms with van der Waals surface area (Å²) in [6, 6.07) is -1.15. The lowest BCUT2D eigenvalue weighted by Gasteiger charge is -2.24. The molecular weight excluding hydrogens is 430 g/mol. The Morgan fingerprint density at radius 2 is 1.34 bits per heavy atom. The molecule has 0 saturated carbocycles. The van der Waals surface area contributed by atoms with Crippen LogP contribution in [0.4, 0.5) is 0 Å². The van der Waals surface area contributed by atoms with Crippen molar-refractivity contribution in [1.29, 1.82) is 0 Å². The Kier molecular flexibility index (Phi) is 18.9. The summed E-state index contributed by atoms with van der Waals surface area (Å²) in [6.45, 7) is 4.32. The van der Waals surface area contributed by atoms with Crippen LogP contribution in [0.2, 0.25) is 0 Å². The Labute approximate surface area is 195 Å². The molecule has 0 saturated heterocycles. The van der Waals surface area contributed by atoms with Gasteiger partial charge in [0.15, 0.2) is 0 Å². The van der Waals surface area contributed by atoms with Crippen molar-refractivity contribution in [3.8, 4) is 0 Å². The fourth-order valence-electron chi connectivity index (χ4n) is 3.58. The number of carbonyl (C=O) groups is 1. The first-order valence-corrected chi connectivity index (χ1v) is 14.1. The largest absolute Gasteiger partial charge is 0.391 e. The van der Waals surface area contributed by atoms with Gasteiger partial charge in [0, 0.05) is 0 Å². The molecule has 8 heteroatoms. The van der Waals surface area contributed by atoms with Gasteiger partial charge in [0.25, 0.3) is 10.1 Å². The van der Waals surface area contributed by atoms with E-state index < -0.39 is 40.0 Å². The number of nitrogens with one attached hydrogen (secondary N) is 1. The van der Waals surface area contributed by atoms with Crippen molar-refractivity contribution in [2.45, 2.75) is 128 Å². The Balaban J connectivity index is 4.41. The number of unbranched alkanes of at least 4 members (excludes halogenated alkanes) is 10. The molecule has 3 atom stereocenters. The molecule has 0 rings (SSSR count). The van der Waals surface area contributed by atoms with Gasteiger partial charge in [-0.1, -0.05) is 90.2 Å². The van der Waals surface area contributed by atoms with E-state index in [4.69, 9.17) is 0 Å². The van der Waals surface area contributed by atoms with Gasteiger partial charge in [0.1, 0.15) is 6.10 Å². The van der Waals surface area contributed by atoms with Crippen molar-refractivity contribution in [2.24, 2.45) is 0 Å². The van der Waals surface area contributed by atoms with Crippen LogP contribution < -0.4 is 5.32 Å². The molecule has 0 aromatic rings. The van der Waals surface area contributed by atoms with Gasteiger partial charge in [-0.05, 0) is 32.1 Å². The van der Waals surface area contributed by atoms with Crippen molar-refractivity contribution in [2.75, 3.05) is 5.75 Å². The predicted octanol–water partition coefficient (Wildman–Crippen LogP) is 4.53. The highest BCUT2D eigenvalue weighted by Gasteiger charge is 2.28. The molecule has 0 aliphatic rings. The highest BCUT2D eigenvalue weighted by atomic mass is 32.2. The van der Waals surface area contributed by atoms with Crippen LogP contribution in [-0.2, 0) is 14.9 Å². The first-order valence-electron chi connectivity index (χ1n) is 12.5. The lowest BCUT2D eigenvalue weighted by atomic mass is 10.0. The molecule has 0 aliphatic carbocycles. The number of aliphatic hydroxyl groups excluding tert-OH is 2. The third kappa shape index (κ3) is 18.6. The van der Waals surface area contributed by atoms with E-state index >= 15 is 0 Å². The smallest absolute Gasteiger partial charge is 0.266 e. The first-order chi connectivity index (χ1) is 15.2. The second-order valence-corrected chi connectivity index (χ2v) is 10.3. The zero-order chi connectivity index (χ0) is 24.2. The van der Waals surface area contributed by atoms with E-state index in [-0.39, 0.29) is 6.42 Å². The molecule has 32 heavy (non-hydrogen) atoms. The summed E-state index contributed by atoms with van der Waals surface area (Å²) < 4.78 is 31.9. The Morgan fingerprint density at radius 1 is 0.812 bits per heavy atom. The molecule has 0 aliphatic heterocycles. The van der Waals surface area contributed by atoms with E-state index in [1.165, 1.54) is 38.5 Å². The van der Waals surface area contributed by atoms with Gasteiger partial charge >= 0.3 is 0 Å². The maximum Gasteiger partial charge on any atom is 0.266 e. The Morgan fingerprint density at radius 3 is 1.94 bits per heavy atom. The molecule has 3 unspecified atom stereocenters. The molecule has 1 amide bonds. The standard InChI is InChI=1S/C24H47NO6S/c1-3-5-7-9-11-13-15-17-19-23(27)24(28)25-21(20-32(29,30)31)22(26)18-16-14-12-10-8-6-4-2/h13,15,21-23,26-27H,3-12,14,16-20H2,1-2H3,(H,25,28)(H,29,30,31)/b15-13-. The van der Waals surface area contributed by atoms with Crippen LogP contribution in [0.5, 0.6) is 0 Å². The summed E-state index contributed by atoms with van der Waals surface area (Å²) >= 11 is 0. The number of carbonyl (C=O) groups excluding carboxylic acids is 1. The monoisotopic (exact) mass is 477 g/mol. The third-order valence-electron chi connectivity index (χ3n) is 5.59. The van der Waals surface area contributed by atoms with Crippen LogP contribution >= 0.6 is 0 Å². The van der Waals surface area contributed by atoms with E-state index in [1.807, 2.05) is 12.2 Å². The quantitative estimate of drug-likeness (QED) is 0.109. The van der Waals surface area contributed by atoms with Crippen molar-refractivity contribution in [3.05, 3.63) is 12.2 Å². The average molecular weight is 478 g/mol. The van der Waals surface area contributed by atoms with Crippen LogP contribution in [0.3, 0.4) is 0 Å². The molecule has 0 bridgehead atoms. The first kappa shape index (κ1) is 31.0. The highest BCUT2D eigenvalue weighted by molar-refractivity contribution is 7.85. The number of hydrogen-bond donors (Lipinski definition) is 4. The second-order valence-electron chi connectivity index (χ2n) is 8.75. The molecule has 0 radical (unpaired) electrons. The van der Waals surface area contributed by atoms with Crippen LogP contribution in [0.1, 0.15) is 110 Å². The summed E-state index contributed by atoms with van der Waals surface area (Å²) in [5.41, 5.74) is 0. The topological polar surface area (TPSA) is 124 Å². The van der Waals surface area contributed by atoms with E-state index in [9.17, 15) is 28.0 Å². The van der Waals surface area contributed by atoms with Gasteiger partial charge in [-0.25, -0.2) is 0 Å². The van der Waals surface area contributed by atoms with Gasteiger partial charge < -0.3 is 15.5 Å². The minimum Gasteiger partial charge on any atom is -0.391 e. The number of amides is 1. The maximum absolute atomic E-state index is 12.3. The zero-order valence-electron chi connectivity index (χ0n) is 20.2. The molecule has 7 nitrogen and oxygen atoms in total. The fourth-order valence-corrected chi connectivity index (χ4v) is 4.34. The minimum absolute atomic E-state index is 0.212. The van der Waals surface area contributed by atoms with Gasteiger partial charge in [-0.3, -0.25) is 9.35 Å². The molecular formula is C24H47NO6S. The molecule has 0 heterocycles. The van der Waals surface area contributed by atoms with Gasteiger partial charge in [-0.15, -0.1) is 0 Å².